The molecule has 0 amide bonds. The third kappa shape index (κ3) is 14.3. The maximum Gasteiger partial charge on any atom is 0.315 e. The standard InChI is InChI=1S/C70H114O34/c1-26-38(74)44(80)49(85)57(94-26)92-24-33-42(78)46(82)50(86)60(99-33)101-54-32(22-72)97-59(52(88)47(54)83)98-34-25-93-58(48(84)43(34)79)102-55-39(75)27(2)95-62(53(55)89)103-56-40(76)30(73)23-91-63(56)100-37-13-14-67(7)35(66(37,5)6)12-15-69(9)36(67)11-10-28-29-20-65(3,4)16-18-70(29,19-17-68(28,69)8)64(90)104-61-51(87)45(81)41(77)31(21-71)96-61/h10,26-27,29-63,71-89H,11-25H2,1-9H3/t26-,27+,29-,30-,31+,32+,33-,34+,35+,36-,37-,38+,39+,40-,41-,42+,43-,44-,45-,46+,47-,48+,49-,50+,51-,52+,53+,54-,55+,56-,57+,58+,59+,60-,61-,62-,63-,67-,68-,69-,70-/m0/s1. The van der Waals surface area contributed by atoms with Crippen LogP contribution in [-0.4, -0.2) is 345 Å². The summed E-state index contributed by atoms with van der Waals surface area (Å²) in [6, 6.07) is 0. The van der Waals surface area contributed by atoms with Gasteiger partial charge in [-0.05, 0) is 123 Å². The number of hydrogen-bond acceptors (Lipinski definition) is 34. The molecule has 7 saturated heterocycles. The first-order valence-corrected chi connectivity index (χ1v) is 36.9. The van der Waals surface area contributed by atoms with E-state index in [1.54, 1.807) is 0 Å². The zero-order chi connectivity index (χ0) is 75.7. The molecular weight excluding hydrogens is 1380 g/mol. The van der Waals surface area contributed by atoms with Crippen molar-refractivity contribution in [1.82, 2.24) is 0 Å². The van der Waals surface area contributed by atoms with Gasteiger partial charge in [-0.3, -0.25) is 4.79 Å². The molecule has 19 N–H and O–H groups in total. The first-order chi connectivity index (χ1) is 48.8. The SMILES string of the molecule is C[C@@H]1O[C@@H](OC[C@@H]2O[C@@H](O[C@@H]3[C@@H](O)[C@@H](O)[C@@H](O[C@@H]4CO[C@H](O[C@H]5[C@@H](O)[C@H](O[C@@H]6[C@H](O[C@H]7CC[C@@]8(C)[C@H](CC[C@@]9(C)[C@H]8CC=C8[C@@H]%10CC(C)(C)CC[C@]%10(C(=O)O[C@@H]%10O[C@H](CO)[C@H](O)[C@H](O)[C@@H]%10O)CC[C@@]89C)C7(C)C)OC[C@H](O)[C@@H]6O)O[C@H](C)[C@H]5O)[C@H](O)[C@H]4O)O[C@@H]3CO)[C@H](O)[C@H](O)[C@@H]2O)[C@@H](O)[C@@H](O)[C@@H]1O. The molecule has 12 rings (SSSR count). The van der Waals surface area contributed by atoms with E-state index in [1.165, 1.54) is 19.4 Å². The highest BCUT2D eigenvalue weighted by molar-refractivity contribution is 5.79. The van der Waals surface area contributed by atoms with Crippen LogP contribution in [0.4, 0.5) is 0 Å². The van der Waals surface area contributed by atoms with E-state index in [-0.39, 0.29) is 46.0 Å². The molecular formula is C70H114O34. The zero-order valence-electron chi connectivity index (χ0n) is 60.2. The van der Waals surface area contributed by atoms with E-state index in [0.29, 0.717) is 25.7 Å². The number of hydrogen-bond donors (Lipinski definition) is 19. The van der Waals surface area contributed by atoms with Crippen molar-refractivity contribution < 1.29 is 168 Å². The molecule has 7 heterocycles. The molecule has 4 saturated carbocycles. The van der Waals surface area contributed by atoms with Gasteiger partial charge in [0.15, 0.2) is 37.7 Å². The Balaban J connectivity index is 0.669. The summed E-state index contributed by atoms with van der Waals surface area (Å²) >= 11 is 0. The number of esters is 1. The van der Waals surface area contributed by atoms with Gasteiger partial charge in [0, 0.05) is 0 Å². The van der Waals surface area contributed by atoms with Crippen molar-refractivity contribution in [3.05, 3.63) is 11.6 Å². The summed E-state index contributed by atoms with van der Waals surface area (Å²) in [6.45, 7) is 15.6. The van der Waals surface area contributed by atoms with Gasteiger partial charge in [0.2, 0.25) is 6.29 Å². The highest BCUT2D eigenvalue weighted by Gasteiger charge is 2.71. The predicted molar refractivity (Wildman–Crippen MR) is 346 cm³/mol. The second kappa shape index (κ2) is 30.8. The monoisotopic (exact) mass is 1500 g/mol. The van der Waals surface area contributed by atoms with Crippen molar-refractivity contribution in [2.75, 3.05) is 33.0 Å². The molecule has 0 aromatic carbocycles. The molecule has 41 atom stereocenters. The third-order valence-corrected chi connectivity index (χ3v) is 26.9. The molecule has 12 aliphatic rings. The van der Waals surface area contributed by atoms with Crippen LogP contribution in [0.5, 0.6) is 0 Å². The van der Waals surface area contributed by atoms with Gasteiger partial charge in [-0.25, -0.2) is 0 Å². The van der Waals surface area contributed by atoms with Gasteiger partial charge in [0.05, 0.1) is 56.8 Å². The van der Waals surface area contributed by atoms with E-state index in [0.717, 1.165) is 38.5 Å². The molecule has 34 heteroatoms. The average Bonchev–Trinajstić information content (AvgIpc) is 0.675. The fraction of sp³-hybridized carbons (Fsp3) is 0.957. The van der Waals surface area contributed by atoms with E-state index in [4.69, 9.17) is 66.3 Å². The lowest BCUT2D eigenvalue weighted by Crippen LogP contribution is -2.66. The molecule has 0 spiro atoms. The number of rotatable bonds is 17. The lowest BCUT2D eigenvalue weighted by molar-refractivity contribution is -0.387. The number of allylic oxidation sites excluding steroid dienone is 2. The summed E-state index contributed by atoms with van der Waals surface area (Å²) in [5, 5.41) is 207. The second-order valence-corrected chi connectivity index (χ2v) is 33.8. The molecule has 104 heavy (non-hydrogen) atoms. The smallest absolute Gasteiger partial charge is 0.315 e. The Morgan fingerprint density at radius 2 is 1.01 bits per heavy atom. The molecule has 0 aromatic heterocycles. The maximum absolute atomic E-state index is 14.9. The first-order valence-electron chi connectivity index (χ1n) is 36.9. The van der Waals surface area contributed by atoms with Crippen LogP contribution in [0.3, 0.4) is 0 Å². The van der Waals surface area contributed by atoms with Crippen LogP contribution < -0.4 is 0 Å². The quantitative estimate of drug-likeness (QED) is 0.0368. The van der Waals surface area contributed by atoms with Crippen molar-refractivity contribution in [2.24, 2.45) is 50.2 Å². The van der Waals surface area contributed by atoms with Crippen molar-refractivity contribution >= 4 is 5.97 Å². The summed E-state index contributed by atoms with van der Waals surface area (Å²) < 4.78 is 82.9. The van der Waals surface area contributed by atoms with Crippen LogP contribution in [0.2, 0.25) is 0 Å². The molecule has 0 bridgehead atoms. The third-order valence-electron chi connectivity index (χ3n) is 26.9. The molecule has 5 aliphatic carbocycles. The summed E-state index contributed by atoms with van der Waals surface area (Å²) in [6.07, 6.45) is -46.6. The van der Waals surface area contributed by atoms with E-state index in [1.807, 2.05) is 0 Å². The fourth-order valence-corrected chi connectivity index (χ4v) is 20.2. The van der Waals surface area contributed by atoms with E-state index in [2.05, 4.69) is 54.5 Å². The summed E-state index contributed by atoms with van der Waals surface area (Å²) in [5.41, 5.74) is -1.13. The van der Waals surface area contributed by atoms with Crippen LogP contribution in [-0.2, 0) is 71.1 Å². The van der Waals surface area contributed by atoms with Crippen molar-refractivity contribution in [2.45, 2.75) is 335 Å². The number of fused-ring (bicyclic) bond motifs is 7. The van der Waals surface area contributed by atoms with Crippen molar-refractivity contribution in [3.63, 3.8) is 0 Å². The molecule has 34 nitrogen and oxygen atoms in total. The first kappa shape index (κ1) is 81.4. The highest BCUT2D eigenvalue weighted by atomic mass is 16.8. The summed E-state index contributed by atoms with van der Waals surface area (Å²) in [4.78, 5) is 14.9. The van der Waals surface area contributed by atoms with Gasteiger partial charge < -0.3 is 163 Å². The molecule has 0 unspecified atom stereocenters. The summed E-state index contributed by atoms with van der Waals surface area (Å²) in [5.74, 6) is -0.428. The highest BCUT2D eigenvalue weighted by Crippen LogP contribution is 2.76. The molecule has 11 fully saturated rings. The number of carbonyl (C=O) groups excluding carboxylic acids is 1. The minimum absolute atomic E-state index is 0.0981. The van der Waals surface area contributed by atoms with Gasteiger partial charge in [0.1, 0.15) is 146 Å². The van der Waals surface area contributed by atoms with E-state index >= 15 is 0 Å². The predicted octanol–water partition coefficient (Wildman–Crippen LogP) is -5.23. The Morgan fingerprint density at radius 1 is 0.462 bits per heavy atom. The Hall–Kier alpha value is -2.07. The van der Waals surface area contributed by atoms with E-state index < -0.39 is 252 Å². The van der Waals surface area contributed by atoms with Gasteiger partial charge >= 0.3 is 5.97 Å². The van der Waals surface area contributed by atoms with E-state index in [9.17, 15) is 102 Å². The van der Waals surface area contributed by atoms with Crippen molar-refractivity contribution in [3.8, 4) is 0 Å². The Morgan fingerprint density at radius 3 is 1.70 bits per heavy atom. The van der Waals surface area contributed by atoms with Crippen LogP contribution in [0.25, 0.3) is 0 Å². The largest absolute Gasteiger partial charge is 0.432 e. The topological polar surface area (TPSA) is 531 Å². The summed E-state index contributed by atoms with van der Waals surface area (Å²) in [7, 11) is 0. The van der Waals surface area contributed by atoms with Gasteiger partial charge in [-0.1, -0.05) is 60.1 Å². The minimum Gasteiger partial charge on any atom is -0.432 e. The average molecular weight is 1500 g/mol. The van der Waals surface area contributed by atoms with Crippen LogP contribution >= 0.6 is 0 Å². The lowest BCUT2D eigenvalue weighted by Gasteiger charge is -2.71. The Bertz CT molecular complexity index is 2950. The number of ether oxygens (including phenoxy) is 14. The zero-order valence-corrected chi connectivity index (χ0v) is 60.2. The maximum atomic E-state index is 14.9. The van der Waals surface area contributed by atoms with Crippen molar-refractivity contribution in [1.29, 1.82) is 0 Å². The van der Waals surface area contributed by atoms with Gasteiger partial charge in [-0.2, -0.15) is 0 Å². The number of aliphatic hydroxyl groups is 19. The van der Waals surface area contributed by atoms with Crippen LogP contribution in [0.15, 0.2) is 11.6 Å². The molecule has 7 aliphatic heterocycles. The minimum atomic E-state index is -2.07. The second-order valence-electron chi connectivity index (χ2n) is 33.8. The molecule has 0 aromatic rings. The number of carbonyl (C=O) groups is 1. The van der Waals surface area contributed by atoms with Gasteiger partial charge in [0.25, 0.3) is 0 Å². The molecule has 598 valence electrons. The number of aliphatic hydroxyl groups excluding tert-OH is 19. The Kier molecular flexibility index (Phi) is 24.1. The van der Waals surface area contributed by atoms with Crippen LogP contribution in [0, 0.1) is 50.2 Å². The van der Waals surface area contributed by atoms with Crippen LogP contribution in [0.1, 0.15) is 127 Å². The normalized spacial score (nSPS) is 54.7. The van der Waals surface area contributed by atoms with Gasteiger partial charge in [-0.15, -0.1) is 0 Å². The lowest BCUT2D eigenvalue weighted by atomic mass is 9.33. The molecule has 0 radical (unpaired) electrons. The Labute approximate surface area is 602 Å². The fourth-order valence-electron chi connectivity index (χ4n) is 20.2.